The molecular weight excluding hydrogens is 306 g/mol. The van der Waals surface area contributed by atoms with Crippen molar-refractivity contribution >= 4 is 38.7 Å². The van der Waals surface area contributed by atoms with E-state index in [0.717, 1.165) is 18.7 Å². The molecule has 0 amide bonds. The van der Waals surface area contributed by atoms with E-state index >= 15 is 0 Å². The minimum Gasteiger partial charge on any atom is -0.362 e. The molecule has 0 saturated heterocycles. The van der Waals surface area contributed by atoms with Gasteiger partial charge in [0.2, 0.25) is 10.0 Å². The van der Waals surface area contributed by atoms with Crippen molar-refractivity contribution in [2.24, 2.45) is 0 Å². The molecule has 0 aliphatic heterocycles. The summed E-state index contributed by atoms with van der Waals surface area (Å²) in [6.45, 7) is 2.99. The molecule has 2 N–H and O–H groups in total. The third-order valence-electron chi connectivity index (χ3n) is 3.03. The molecule has 1 aromatic rings. The average molecular weight is 329 g/mol. The second-order valence-corrected chi connectivity index (χ2v) is 7.29. The van der Waals surface area contributed by atoms with E-state index in [9.17, 15) is 8.42 Å². The Morgan fingerprint density at radius 1 is 1.33 bits per heavy atom. The minimum atomic E-state index is -3.26. The summed E-state index contributed by atoms with van der Waals surface area (Å²) >= 11 is 5.21. The van der Waals surface area contributed by atoms with Crippen LogP contribution in [0, 0.1) is 0 Å². The summed E-state index contributed by atoms with van der Waals surface area (Å²) in [5, 5.41) is 6.74. The van der Waals surface area contributed by atoms with Crippen LogP contribution in [0.2, 0.25) is 0 Å². The lowest BCUT2D eigenvalue weighted by atomic mass is 10.2. The number of nitrogens with zero attached hydrogens (tertiary/aromatic N) is 1. The van der Waals surface area contributed by atoms with Gasteiger partial charge in [0.25, 0.3) is 0 Å². The summed E-state index contributed by atoms with van der Waals surface area (Å²) in [4.78, 5) is 0. The van der Waals surface area contributed by atoms with Gasteiger partial charge in [0, 0.05) is 19.3 Å². The lowest BCUT2D eigenvalue weighted by Gasteiger charge is -2.18. The van der Waals surface area contributed by atoms with E-state index in [1.54, 1.807) is 18.2 Å². The molecule has 0 spiro atoms. The van der Waals surface area contributed by atoms with Gasteiger partial charge in [-0.1, -0.05) is 25.8 Å². The molecule has 0 atom stereocenters. The number of hydrogen-bond donors (Lipinski definition) is 2. The van der Waals surface area contributed by atoms with Gasteiger partial charge < -0.3 is 10.6 Å². The van der Waals surface area contributed by atoms with E-state index in [-0.39, 0.29) is 0 Å². The zero-order valence-corrected chi connectivity index (χ0v) is 14.4. The highest BCUT2D eigenvalue weighted by molar-refractivity contribution is 7.92. The predicted molar refractivity (Wildman–Crippen MR) is 93.4 cm³/mol. The van der Waals surface area contributed by atoms with Crippen molar-refractivity contribution in [3.05, 3.63) is 24.3 Å². The first-order valence-corrected chi connectivity index (χ1v) is 9.19. The molecule has 21 heavy (non-hydrogen) atoms. The van der Waals surface area contributed by atoms with Crippen molar-refractivity contribution in [3.8, 4) is 0 Å². The fourth-order valence-corrected chi connectivity index (χ4v) is 2.44. The first-order chi connectivity index (χ1) is 9.84. The molecule has 0 radical (unpaired) electrons. The van der Waals surface area contributed by atoms with E-state index in [0.29, 0.717) is 10.8 Å². The van der Waals surface area contributed by atoms with Gasteiger partial charge in [0.05, 0.1) is 11.9 Å². The molecule has 0 bridgehead atoms. The van der Waals surface area contributed by atoms with Gasteiger partial charge in [-0.2, -0.15) is 0 Å². The summed E-state index contributed by atoms with van der Waals surface area (Å²) in [5.74, 6) is 0. The predicted octanol–water partition coefficient (Wildman–Crippen LogP) is 2.56. The van der Waals surface area contributed by atoms with Crippen molar-refractivity contribution < 1.29 is 8.42 Å². The number of hydrogen-bond acceptors (Lipinski definition) is 3. The van der Waals surface area contributed by atoms with Crippen LogP contribution >= 0.6 is 12.2 Å². The van der Waals surface area contributed by atoms with Gasteiger partial charge in [0.15, 0.2) is 5.11 Å². The van der Waals surface area contributed by atoms with E-state index < -0.39 is 10.0 Å². The van der Waals surface area contributed by atoms with Crippen LogP contribution in [-0.2, 0) is 10.0 Å². The summed E-state index contributed by atoms with van der Waals surface area (Å²) in [7, 11) is -1.74. The van der Waals surface area contributed by atoms with Crippen LogP contribution in [-0.4, -0.2) is 33.4 Å². The number of anilines is 2. The maximum atomic E-state index is 11.5. The highest BCUT2D eigenvalue weighted by Gasteiger charge is 2.12. The standard InChI is InChI=1S/C14H23N3O2S2/c1-4-5-6-10-15-14(20)16-12-8-7-9-13(11-12)17(2)21(3,18)19/h7-9,11H,4-6,10H2,1-3H3,(H2,15,16,20). The fourth-order valence-electron chi connectivity index (χ4n) is 1.72. The van der Waals surface area contributed by atoms with Crippen LogP contribution < -0.4 is 14.9 Å². The third-order valence-corrected chi connectivity index (χ3v) is 4.48. The van der Waals surface area contributed by atoms with Gasteiger partial charge in [-0.05, 0) is 36.8 Å². The maximum Gasteiger partial charge on any atom is 0.231 e. The molecule has 0 heterocycles. The Morgan fingerprint density at radius 3 is 2.67 bits per heavy atom. The second-order valence-electron chi connectivity index (χ2n) is 4.87. The number of thiocarbonyl (C=S) groups is 1. The van der Waals surface area contributed by atoms with Crippen molar-refractivity contribution in [3.63, 3.8) is 0 Å². The van der Waals surface area contributed by atoms with Crippen molar-refractivity contribution in [1.82, 2.24) is 5.32 Å². The van der Waals surface area contributed by atoms with E-state index in [1.165, 1.54) is 30.5 Å². The molecule has 118 valence electrons. The Bertz CT molecular complexity index is 573. The summed E-state index contributed by atoms with van der Waals surface area (Å²) in [5.41, 5.74) is 1.35. The monoisotopic (exact) mass is 329 g/mol. The van der Waals surface area contributed by atoms with Crippen LogP contribution in [0.25, 0.3) is 0 Å². The Morgan fingerprint density at radius 2 is 2.05 bits per heavy atom. The highest BCUT2D eigenvalue weighted by Crippen LogP contribution is 2.20. The number of unbranched alkanes of at least 4 members (excludes halogenated alkanes) is 2. The minimum absolute atomic E-state index is 0.547. The zero-order valence-electron chi connectivity index (χ0n) is 12.7. The lowest BCUT2D eigenvalue weighted by Crippen LogP contribution is -2.29. The van der Waals surface area contributed by atoms with Crippen molar-refractivity contribution in [2.75, 3.05) is 29.5 Å². The average Bonchev–Trinajstić information content (AvgIpc) is 2.42. The highest BCUT2D eigenvalue weighted by atomic mass is 32.2. The SMILES string of the molecule is CCCCCNC(=S)Nc1cccc(N(C)S(C)(=O)=O)c1. The second kappa shape index (κ2) is 8.19. The van der Waals surface area contributed by atoms with E-state index in [2.05, 4.69) is 17.6 Å². The fraction of sp³-hybridized carbons (Fsp3) is 0.500. The van der Waals surface area contributed by atoms with Crippen molar-refractivity contribution in [1.29, 1.82) is 0 Å². The van der Waals surface area contributed by atoms with Gasteiger partial charge in [-0.3, -0.25) is 4.31 Å². The smallest absolute Gasteiger partial charge is 0.231 e. The molecule has 1 rings (SSSR count). The number of benzene rings is 1. The van der Waals surface area contributed by atoms with E-state index in [4.69, 9.17) is 12.2 Å². The number of nitrogens with one attached hydrogen (secondary N) is 2. The quantitative estimate of drug-likeness (QED) is 0.595. The Balaban J connectivity index is 2.62. The van der Waals surface area contributed by atoms with Crippen LogP contribution in [0.1, 0.15) is 26.2 Å². The molecule has 0 aliphatic carbocycles. The van der Waals surface area contributed by atoms with Gasteiger partial charge in [-0.15, -0.1) is 0 Å². The van der Waals surface area contributed by atoms with Gasteiger partial charge in [0.1, 0.15) is 0 Å². The van der Waals surface area contributed by atoms with Crippen LogP contribution in [0.5, 0.6) is 0 Å². The van der Waals surface area contributed by atoms with Crippen LogP contribution in [0.15, 0.2) is 24.3 Å². The Labute approximate surface area is 132 Å². The molecular formula is C14H23N3O2S2. The largest absolute Gasteiger partial charge is 0.362 e. The molecule has 0 saturated carbocycles. The molecule has 0 aliphatic rings. The molecule has 7 heteroatoms. The molecule has 5 nitrogen and oxygen atoms in total. The van der Waals surface area contributed by atoms with Crippen molar-refractivity contribution in [2.45, 2.75) is 26.2 Å². The van der Waals surface area contributed by atoms with E-state index in [1.807, 2.05) is 6.07 Å². The van der Waals surface area contributed by atoms with Gasteiger partial charge >= 0.3 is 0 Å². The van der Waals surface area contributed by atoms with Crippen LogP contribution in [0.4, 0.5) is 11.4 Å². The summed E-state index contributed by atoms with van der Waals surface area (Å²) in [6.07, 6.45) is 4.59. The number of sulfonamides is 1. The molecule has 0 unspecified atom stereocenters. The van der Waals surface area contributed by atoms with Gasteiger partial charge in [-0.25, -0.2) is 8.42 Å². The maximum absolute atomic E-state index is 11.5. The Hall–Kier alpha value is -1.34. The zero-order chi connectivity index (χ0) is 15.9. The third kappa shape index (κ3) is 6.31. The summed E-state index contributed by atoms with van der Waals surface area (Å²) < 4.78 is 24.3. The molecule has 1 aromatic carbocycles. The topological polar surface area (TPSA) is 61.4 Å². The number of rotatable bonds is 7. The normalized spacial score (nSPS) is 11.0. The Kier molecular flexibility index (Phi) is 6.91. The molecule has 0 fully saturated rings. The summed E-state index contributed by atoms with van der Waals surface area (Å²) in [6, 6.07) is 7.13. The lowest BCUT2D eigenvalue weighted by molar-refractivity contribution is 0.600. The first kappa shape index (κ1) is 17.7. The molecule has 0 aromatic heterocycles. The first-order valence-electron chi connectivity index (χ1n) is 6.93. The van der Waals surface area contributed by atoms with Crippen LogP contribution in [0.3, 0.4) is 0 Å².